The molecule has 0 radical (unpaired) electrons. The molecular formula is C63H72O24. The molecule has 0 unspecified atom stereocenters. The standard InChI is InChI=1S/C27H30O16.C22H30O5.C14H12O3/c1-8-17(32)20(35)22(37)26(40-8)39-7-15-18(33)21(36)23(38)27(42-15)43-25-19(34)16-13(31)5-10(28)6-14(16)41-24(25)9-2-3-11(29)12(30)4-9;1-12-8-14-15-5-7-22(27,18(26)11-23)21(15,3)10-17(25)19(14)20(2)6-4-13(24)9-16(12)20;15-12-5-3-10(4-6-12)1-2-11-7-13(16)9-14(17)8-11/h2-6,8,15,17-18,20-23,26-33,35-38H,7H2,1H3;4,6,9,12,14-15,17,19,23,25,27H,5,7-8,10-11H2,1-3H3;1-9,15-17H/b;;2-1+/t8-,15+,17-,18+,20+,21-,22+,23+,26+,27-;12-,14-,15-,17-,19+,20-,21-,22-;/m00./s1. The highest BCUT2D eigenvalue weighted by Crippen LogP contribution is 2.68. The Bertz CT molecular complexity index is 3500. The summed E-state index contributed by atoms with van der Waals surface area (Å²) in [6.45, 7) is 6.30. The van der Waals surface area contributed by atoms with Crippen LogP contribution < -0.4 is 10.2 Å². The van der Waals surface area contributed by atoms with E-state index in [9.17, 15) is 91.0 Å². The number of phenolic OH excluding ortho intramolecular Hbond substituents is 7. The van der Waals surface area contributed by atoms with Gasteiger partial charge in [-0.25, -0.2) is 0 Å². The highest BCUT2D eigenvalue weighted by Gasteiger charge is 2.68. The topological polar surface area (TPSA) is 425 Å². The maximum Gasteiger partial charge on any atom is 0.239 e. The number of carbonyl (C=O) groups is 2. The average molecular weight is 1210 g/mol. The highest BCUT2D eigenvalue weighted by atomic mass is 16.7. The summed E-state index contributed by atoms with van der Waals surface area (Å²) in [5, 5.41) is 161. The number of ketones is 2. The molecule has 24 nitrogen and oxygen atoms in total. The molecule has 16 N–H and O–H groups in total. The van der Waals surface area contributed by atoms with Gasteiger partial charge in [-0.15, -0.1) is 0 Å². The molecule has 4 aromatic carbocycles. The van der Waals surface area contributed by atoms with E-state index in [-0.39, 0.29) is 63.3 Å². The molecule has 6 aliphatic rings. The Labute approximate surface area is 497 Å². The Morgan fingerprint density at radius 3 is 2.01 bits per heavy atom. The monoisotopic (exact) mass is 1210 g/mol. The summed E-state index contributed by atoms with van der Waals surface area (Å²) in [6.07, 6.45) is -5.69. The number of benzene rings is 4. The van der Waals surface area contributed by atoms with E-state index in [1.54, 1.807) is 54.6 Å². The fraction of sp³-hybridized carbons (Fsp3) is 0.444. The first-order valence-electron chi connectivity index (χ1n) is 28.2. The van der Waals surface area contributed by atoms with E-state index in [2.05, 4.69) is 13.8 Å². The third-order valence-corrected chi connectivity index (χ3v) is 18.2. The molecule has 18 atom stereocenters. The lowest BCUT2D eigenvalue weighted by Crippen LogP contribution is -2.62. The van der Waals surface area contributed by atoms with Gasteiger partial charge in [-0.05, 0) is 116 Å². The minimum atomic E-state index is -1.97. The van der Waals surface area contributed by atoms with Crippen molar-refractivity contribution in [3.05, 3.63) is 118 Å². The van der Waals surface area contributed by atoms with E-state index in [1.807, 2.05) is 19.1 Å². The molecule has 1 aromatic heterocycles. The van der Waals surface area contributed by atoms with Gasteiger partial charge in [0.1, 0.15) is 94.7 Å². The summed E-state index contributed by atoms with van der Waals surface area (Å²) in [7, 11) is 0. The molecule has 87 heavy (non-hydrogen) atoms. The van der Waals surface area contributed by atoms with Crippen molar-refractivity contribution in [1.29, 1.82) is 0 Å². The van der Waals surface area contributed by atoms with E-state index in [0.717, 1.165) is 48.2 Å². The van der Waals surface area contributed by atoms with Gasteiger partial charge in [-0.3, -0.25) is 14.4 Å². The van der Waals surface area contributed by atoms with E-state index in [0.29, 0.717) is 18.4 Å². The number of aliphatic hydroxyl groups is 9. The van der Waals surface area contributed by atoms with Crippen molar-refractivity contribution in [2.24, 2.45) is 34.5 Å². The van der Waals surface area contributed by atoms with Crippen LogP contribution in [0.2, 0.25) is 0 Å². The zero-order chi connectivity index (χ0) is 63.4. The molecule has 3 heterocycles. The third kappa shape index (κ3) is 12.3. The number of phenols is 7. The number of carbonyl (C=O) groups excluding carboxylic acids is 2. The van der Waals surface area contributed by atoms with E-state index in [4.69, 9.17) is 28.5 Å². The van der Waals surface area contributed by atoms with Crippen LogP contribution in [0, 0.1) is 34.5 Å². The van der Waals surface area contributed by atoms with Gasteiger partial charge in [0.25, 0.3) is 0 Å². The number of fused-ring (bicyclic) bond motifs is 6. The molecule has 24 heteroatoms. The SMILES string of the molecule is C[C@@H]1O[C@@H](OC[C@H]2O[C@@H](Oc3c(-c4ccc(O)c(O)c4)oc4cc(O)cc(O)c4c3=O)[C@H](O)[C@@H](O)[C@@H]2O)[C@H](O)[C@H](O)[C@H]1O.C[C@H]1C[C@@H]2[C@H]([C@@H](O)C[C@@]3(C)[C@H]2CC[C@]3(O)C(=O)CO)[C@@]2(C)C=CC(=O)C=C12.Oc1ccc(/C=C/c2cc(O)cc(O)c2)cc1. The molecule has 2 aliphatic heterocycles. The molecule has 5 aromatic rings. The minimum Gasteiger partial charge on any atom is -0.508 e. The number of hydrogen-bond donors (Lipinski definition) is 16. The van der Waals surface area contributed by atoms with Gasteiger partial charge in [0.2, 0.25) is 17.5 Å². The molecule has 468 valence electrons. The number of rotatable bonds is 10. The lowest BCUT2D eigenvalue weighted by molar-refractivity contribution is -0.318. The Morgan fingerprint density at radius 1 is 0.701 bits per heavy atom. The molecule has 0 bridgehead atoms. The van der Waals surface area contributed by atoms with Crippen LogP contribution in [-0.4, -0.2) is 180 Å². The van der Waals surface area contributed by atoms with E-state index in [1.165, 1.54) is 19.1 Å². The lowest BCUT2D eigenvalue weighted by Gasteiger charge is -2.60. The predicted octanol–water partition coefficient (Wildman–Crippen LogP) is 3.09. The number of aromatic hydroxyl groups is 7. The van der Waals surface area contributed by atoms with Gasteiger partial charge < -0.3 is 105 Å². The zero-order valence-corrected chi connectivity index (χ0v) is 47.6. The van der Waals surface area contributed by atoms with Crippen molar-refractivity contribution >= 4 is 34.7 Å². The second-order valence-corrected chi connectivity index (χ2v) is 23.7. The number of hydrogen-bond acceptors (Lipinski definition) is 24. The quantitative estimate of drug-likeness (QED) is 0.0705. The average Bonchev–Trinajstić information content (AvgIpc) is 1.67. The van der Waals surface area contributed by atoms with Crippen LogP contribution in [0.25, 0.3) is 34.4 Å². The van der Waals surface area contributed by atoms with Crippen molar-refractivity contribution in [3.8, 4) is 57.3 Å². The highest BCUT2D eigenvalue weighted by molar-refractivity contribution is 6.01. The van der Waals surface area contributed by atoms with Gasteiger partial charge in [0.15, 0.2) is 35.1 Å². The van der Waals surface area contributed by atoms with Crippen molar-refractivity contribution in [3.63, 3.8) is 0 Å². The first-order chi connectivity index (χ1) is 41.0. The van der Waals surface area contributed by atoms with Gasteiger partial charge >= 0.3 is 0 Å². The Hall–Kier alpha value is -7.43. The summed E-state index contributed by atoms with van der Waals surface area (Å²) in [5.74, 6) is -3.14. The maximum atomic E-state index is 13.6. The number of Topliss-reactive ketones (excluding diaryl/α,β-unsaturated/α-hetero) is 1. The largest absolute Gasteiger partial charge is 0.508 e. The Kier molecular flexibility index (Phi) is 18.4. The first-order valence-corrected chi connectivity index (χ1v) is 28.2. The van der Waals surface area contributed by atoms with Crippen LogP contribution in [-0.2, 0) is 23.8 Å². The predicted molar refractivity (Wildman–Crippen MR) is 307 cm³/mol. The van der Waals surface area contributed by atoms with Gasteiger partial charge in [-0.1, -0.05) is 56.7 Å². The summed E-state index contributed by atoms with van der Waals surface area (Å²) in [5.41, 5.74) is -1.31. The molecule has 5 fully saturated rings. The van der Waals surface area contributed by atoms with Gasteiger partial charge in [0.05, 0.1) is 18.8 Å². The summed E-state index contributed by atoms with van der Waals surface area (Å²) < 4.78 is 27.8. The van der Waals surface area contributed by atoms with Crippen molar-refractivity contribution in [2.75, 3.05) is 13.2 Å². The van der Waals surface area contributed by atoms with Crippen molar-refractivity contribution in [1.82, 2.24) is 0 Å². The summed E-state index contributed by atoms with van der Waals surface area (Å²) in [4.78, 5) is 37.9. The molecular weight excluding hydrogens is 1140 g/mol. The minimum absolute atomic E-state index is 0.00620. The molecule has 4 aliphatic carbocycles. The zero-order valence-electron chi connectivity index (χ0n) is 47.6. The molecule has 11 rings (SSSR count). The number of aliphatic hydroxyl groups excluding tert-OH is 8. The van der Waals surface area contributed by atoms with Crippen LogP contribution in [0.4, 0.5) is 0 Å². The van der Waals surface area contributed by atoms with Crippen molar-refractivity contribution in [2.45, 2.75) is 126 Å². The summed E-state index contributed by atoms with van der Waals surface area (Å²) in [6, 6.07) is 16.4. The molecule has 0 spiro atoms. The second kappa shape index (κ2) is 25.0. The van der Waals surface area contributed by atoms with Crippen LogP contribution >= 0.6 is 0 Å². The van der Waals surface area contributed by atoms with Gasteiger partial charge in [-0.2, -0.15) is 0 Å². The number of ether oxygens (including phenoxy) is 4. The number of allylic oxidation sites excluding steroid dienone is 4. The second-order valence-electron chi connectivity index (χ2n) is 23.7. The first kappa shape index (κ1) is 64.1. The van der Waals surface area contributed by atoms with Crippen molar-refractivity contribution < 1.29 is 115 Å². The summed E-state index contributed by atoms with van der Waals surface area (Å²) >= 11 is 0. The van der Waals surface area contributed by atoms with Crippen LogP contribution in [0.1, 0.15) is 64.5 Å². The Morgan fingerprint density at radius 2 is 1.34 bits per heavy atom. The molecule has 3 saturated carbocycles. The Balaban J connectivity index is 0.000000173. The maximum absolute atomic E-state index is 13.6. The van der Waals surface area contributed by atoms with E-state index < -0.39 is 143 Å². The van der Waals surface area contributed by atoms with Crippen LogP contribution in [0.15, 0.2) is 106 Å². The fourth-order valence-corrected chi connectivity index (χ4v) is 13.7. The van der Waals surface area contributed by atoms with Crippen LogP contribution in [0.5, 0.6) is 46.0 Å². The fourth-order valence-electron chi connectivity index (χ4n) is 13.7. The smallest absolute Gasteiger partial charge is 0.239 e. The molecule has 2 saturated heterocycles. The lowest BCUT2D eigenvalue weighted by atomic mass is 9.45. The van der Waals surface area contributed by atoms with Crippen LogP contribution in [0.3, 0.4) is 0 Å². The normalized spacial score (nSPS) is 34.3. The van der Waals surface area contributed by atoms with Gasteiger partial charge in [0, 0.05) is 40.5 Å². The van der Waals surface area contributed by atoms with E-state index >= 15 is 0 Å². The molecule has 0 amide bonds. The third-order valence-electron chi connectivity index (χ3n) is 18.2.